The van der Waals surface area contributed by atoms with Crippen LogP contribution in [0.1, 0.15) is 58.9 Å². The molecular weight excluding hydrogens is 346 g/mol. The van der Waals surface area contributed by atoms with Gasteiger partial charge in [0.15, 0.2) is 0 Å². The number of hydrogen-bond donors (Lipinski definition) is 1. The molecule has 1 atom stereocenters. The van der Waals surface area contributed by atoms with Gasteiger partial charge >= 0.3 is 12.1 Å². The molecule has 1 rings (SSSR count). The van der Waals surface area contributed by atoms with Gasteiger partial charge in [-0.2, -0.15) is 0 Å². The minimum Gasteiger partial charge on any atom is -0.461 e. The van der Waals surface area contributed by atoms with Gasteiger partial charge in [-0.3, -0.25) is 9.59 Å². The molecule has 6 heteroatoms. The summed E-state index contributed by atoms with van der Waals surface area (Å²) in [4.78, 5) is 35.3. The average Bonchev–Trinajstić information content (AvgIpc) is 2.57. The predicted molar refractivity (Wildman–Crippen MR) is 103 cm³/mol. The second-order valence-electron chi connectivity index (χ2n) is 7.58. The monoisotopic (exact) mass is 377 g/mol. The zero-order valence-corrected chi connectivity index (χ0v) is 16.7. The van der Waals surface area contributed by atoms with Crippen LogP contribution in [0.5, 0.6) is 0 Å². The third-order valence-electron chi connectivity index (χ3n) is 3.88. The Morgan fingerprint density at radius 3 is 2.33 bits per heavy atom. The highest BCUT2D eigenvalue weighted by Crippen LogP contribution is 2.16. The maximum Gasteiger partial charge on any atom is 0.407 e. The second kappa shape index (κ2) is 11.4. The molecule has 0 bridgehead atoms. The van der Waals surface area contributed by atoms with Gasteiger partial charge in [-0.05, 0) is 46.1 Å². The summed E-state index contributed by atoms with van der Waals surface area (Å²) < 4.78 is 10.4. The maximum atomic E-state index is 12.0. The lowest BCUT2D eigenvalue weighted by molar-refractivity contribution is -0.147. The van der Waals surface area contributed by atoms with Crippen LogP contribution in [0.2, 0.25) is 0 Å². The highest BCUT2D eigenvalue weighted by atomic mass is 16.6. The SMILES string of the molecule is CC(=O)C(CCCCNC(=O)OC(C)(C)C)CC(=O)OCc1ccccc1. The molecule has 0 saturated heterocycles. The van der Waals surface area contributed by atoms with Crippen molar-refractivity contribution >= 4 is 17.8 Å². The molecule has 6 nitrogen and oxygen atoms in total. The molecule has 0 heterocycles. The van der Waals surface area contributed by atoms with Crippen molar-refractivity contribution in [1.82, 2.24) is 5.32 Å². The normalized spacial score (nSPS) is 12.1. The molecular formula is C21H31NO5. The van der Waals surface area contributed by atoms with Crippen molar-refractivity contribution in [2.24, 2.45) is 5.92 Å². The third-order valence-corrected chi connectivity index (χ3v) is 3.88. The van der Waals surface area contributed by atoms with Crippen molar-refractivity contribution in [3.8, 4) is 0 Å². The number of nitrogens with one attached hydrogen (secondary N) is 1. The zero-order valence-electron chi connectivity index (χ0n) is 16.7. The second-order valence-corrected chi connectivity index (χ2v) is 7.58. The zero-order chi connectivity index (χ0) is 20.3. The summed E-state index contributed by atoms with van der Waals surface area (Å²) in [5.74, 6) is -0.743. The Kier molecular flexibility index (Phi) is 9.54. The van der Waals surface area contributed by atoms with E-state index in [1.165, 1.54) is 6.92 Å². The molecule has 1 amide bonds. The van der Waals surface area contributed by atoms with Crippen LogP contribution < -0.4 is 5.32 Å². The van der Waals surface area contributed by atoms with E-state index in [0.717, 1.165) is 12.0 Å². The first-order valence-corrected chi connectivity index (χ1v) is 9.34. The number of ether oxygens (including phenoxy) is 2. The van der Waals surface area contributed by atoms with Gasteiger partial charge in [-0.1, -0.05) is 36.8 Å². The van der Waals surface area contributed by atoms with E-state index < -0.39 is 11.7 Å². The molecule has 0 aliphatic heterocycles. The summed E-state index contributed by atoms with van der Waals surface area (Å²) in [5, 5.41) is 2.68. The summed E-state index contributed by atoms with van der Waals surface area (Å²) in [6.45, 7) is 7.60. The summed E-state index contributed by atoms with van der Waals surface area (Å²) in [6, 6.07) is 9.43. The highest BCUT2D eigenvalue weighted by Gasteiger charge is 2.19. The van der Waals surface area contributed by atoms with Gasteiger partial charge in [-0.15, -0.1) is 0 Å². The van der Waals surface area contributed by atoms with E-state index >= 15 is 0 Å². The molecule has 0 saturated carbocycles. The van der Waals surface area contributed by atoms with Crippen molar-refractivity contribution < 1.29 is 23.9 Å². The maximum absolute atomic E-state index is 12.0. The Morgan fingerprint density at radius 1 is 1.07 bits per heavy atom. The fourth-order valence-electron chi connectivity index (χ4n) is 2.47. The van der Waals surface area contributed by atoms with E-state index in [-0.39, 0.29) is 30.7 Å². The van der Waals surface area contributed by atoms with E-state index in [2.05, 4.69) is 5.32 Å². The molecule has 1 unspecified atom stereocenters. The molecule has 0 aliphatic rings. The summed E-state index contributed by atoms with van der Waals surface area (Å²) >= 11 is 0. The van der Waals surface area contributed by atoms with E-state index in [9.17, 15) is 14.4 Å². The molecule has 27 heavy (non-hydrogen) atoms. The third kappa shape index (κ3) is 11.1. The number of benzene rings is 1. The summed E-state index contributed by atoms with van der Waals surface area (Å²) in [7, 11) is 0. The van der Waals surface area contributed by atoms with E-state index in [4.69, 9.17) is 9.47 Å². The quantitative estimate of drug-likeness (QED) is 0.492. The van der Waals surface area contributed by atoms with Crippen LogP contribution in [0, 0.1) is 5.92 Å². The fourth-order valence-corrected chi connectivity index (χ4v) is 2.47. The number of hydrogen-bond acceptors (Lipinski definition) is 5. The lowest BCUT2D eigenvalue weighted by atomic mass is 9.95. The summed E-state index contributed by atoms with van der Waals surface area (Å²) in [6.07, 6.45) is 1.66. The van der Waals surface area contributed by atoms with Crippen LogP contribution >= 0.6 is 0 Å². The van der Waals surface area contributed by atoms with E-state index in [1.807, 2.05) is 30.3 Å². The molecule has 1 N–H and O–H groups in total. The molecule has 0 spiro atoms. The van der Waals surface area contributed by atoms with E-state index in [0.29, 0.717) is 19.4 Å². The molecule has 0 radical (unpaired) electrons. The molecule has 0 aromatic heterocycles. The Labute approximate surface area is 161 Å². The van der Waals surface area contributed by atoms with Crippen molar-refractivity contribution in [2.45, 2.75) is 65.6 Å². The Bertz CT molecular complexity index is 607. The van der Waals surface area contributed by atoms with Crippen LogP contribution in [0.4, 0.5) is 4.79 Å². The number of esters is 1. The van der Waals surface area contributed by atoms with Crippen LogP contribution in [0.3, 0.4) is 0 Å². The number of alkyl carbamates (subject to hydrolysis) is 1. The van der Waals surface area contributed by atoms with Crippen LogP contribution in [0.25, 0.3) is 0 Å². The lowest BCUT2D eigenvalue weighted by Gasteiger charge is -2.19. The van der Waals surface area contributed by atoms with Gasteiger partial charge in [-0.25, -0.2) is 4.79 Å². The minimum atomic E-state index is -0.524. The lowest BCUT2D eigenvalue weighted by Crippen LogP contribution is -2.33. The molecule has 1 aromatic carbocycles. The minimum absolute atomic E-state index is 0.0215. The number of amides is 1. The van der Waals surface area contributed by atoms with Crippen molar-refractivity contribution in [3.63, 3.8) is 0 Å². The largest absolute Gasteiger partial charge is 0.461 e. The Hall–Kier alpha value is -2.37. The highest BCUT2D eigenvalue weighted by molar-refractivity contribution is 5.83. The molecule has 0 aliphatic carbocycles. The van der Waals surface area contributed by atoms with Gasteiger partial charge in [0, 0.05) is 12.5 Å². The van der Waals surface area contributed by atoms with Gasteiger partial charge in [0.2, 0.25) is 0 Å². The van der Waals surface area contributed by atoms with E-state index in [1.54, 1.807) is 20.8 Å². The smallest absolute Gasteiger partial charge is 0.407 e. The van der Waals surface area contributed by atoms with Crippen molar-refractivity contribution in [2.75, 3.05) is 6.54 Å². The molecule has 150 valence electrons. The average molecular weight is 377 g/mol. The first-order chi connectivity index (χ1) is 12.7. The molecule has 0 fully saturated rings. The van der Waals surface area contributed by atoms with Gasteiger partial charge in [0.25, 0.3) is 0 Å². The number of Topliss-reactive ketones (excluding diaryl/α,β-unsaturated/α-hetero) is 1. The molecule has 1 aromatic rings. The van der Waals surface area contributed by atoms with Gasteiger partial charge < -0.3 is 14.8 Å². The number of carbonyl (C=O) groups is 3. The van der Waals surface area contributed by atoms with Gasteiger partial charge in [0.05, 0.1) is 6.42 Å². The fraction of sp³-hybridized carbons (Fsp3) is 0.571. The van der Waals surface area contributed by atoms with Crippen molar-refractivity contribution in [1.29, 1.82) is 0 Å². The first-order valence-electron chi connectivity index (χ1n) is 9.34. The van der Waals surface area contributed by atoms with Gasteiger partial charge in [0.1, 0.15) is 18.0 Å². The van der Waals surface area contributed by atoms with Crippen molar-refractivity contribution in [3.05, 3.63) is 35.9 Å². The standard InChI is InChI=1S/C21H31NO5/c1-16(23)18(12-8-9-13-22-20(25)27-21(2,3)4)14-19(24)26-15-17-10-6-5-7-11-17/h5-7,10-11,18H,8-9,12-15H2,1-4H3,(H,22,25). The number of ketones is 1. The van der Waals surface area contributed by atoms with Crippen LogP contribution in [-0.2, 0) is 25.7 Å². The number of rotatable bonds is 10. The Balaban J connectivity index is 2.26. The topological polar surface area (TPSA) is 81.7 Å². The summed E-state index contributed by atoms with van der Waals surface area (Å²) in [5.41, 5.74) is 0.391. The first kappa shape index (κ1) is 22.7. The Morgan fingerprint density at radius 2 is 1.74 bits per heavy atom. The predicted octanol–water partition coefficient (Wildman–Crippen LogP) is 4.02. The van der Waals surface area contributed by atoms with Crippen LogP contribution in [0.15, 0.2) is 30.3 Å². The van der Waals surface area contributed by atoms with Crippen LogP contribution in [-0.4, -0.2) is 30.0 Å². The number of carbonyl (C=O) groups excluding carboxylic acids is 3. The number of unbranched alkanes of at least 4 members (excludes halogenated alkanes) is 1.